The predicted octanol–water partition coefficient (Wildman–Crippen LogP) is 6.04. The summed E-state index contributed by atoms with van der Waals surface area (Å²) < 4.78 is 40.6. The molecule has 0 spiro atoms. The first kappa shape index (κ1) is 25.8. The average molecular weight is 519 g/mol. The number of aromatic nitrogens is 1. The van der Waals surface area contributed by atoms with Gasteiger partial charge in [-0.15, -0.1) is 0 Å². The summed E-state index contributed by atoms with van der Waals surface area (Å²) in [5, 5.41) is 6.67. The van der Waals surface area contributed by atoms with Gasteiger partial charge in [0.15, 0.2) is 0 Å². The molecule has 1 saturated carbocycles. The summed E-state index contributed by atoms with van der Waals surface area (Å²) in [6, 6.07) is 12.4. The van der Waals surface area contributed by atoms with Crippen molar-refractivity contribution >= 4 is 45.7 Å². The van der Waals surface area contributed by atoms with Gasteiger partial charge in [0.2, 0.25) is 5.91 Å². The molecule has 0 bridgehead atoms. The van der Waals surface area contributed by atoms with Gasteiger partial charge in [-0.05, 0) is 62.1 Å². The van der Waals surface area contributed by atoms with Crippen LogP contribution in [0.1, 0.15) is 48.7 Å². The van der Waals surface area contributed by atoms with Gasteiger partial charge in [-0.25, -0.2) is 4.98 Å². The van der Waals surface area contributed by atoms with Gasteiger partial charge in [0.05, 0.1) is 16.8 Å². The smallest absolute Gasteiger partial charge is 0.371 e. The Morgan fingerprint density at radius 3 is 2.42 bits per heavy atom. The zero-order chi connectivity index (χ0) is 26.0. The van der Waals surface area contributed by atoms with Crippen molar-refractivity contribution in [2.24, 2.45) is 0 Å². The zero-order valence-electron chi connectivity index (χ0n) is 19.8. The first-order chi connectivity index (χ1) is 17.0. The second-order valence-electron chi connectivity index (χ2n) is 9.00. The molecule has 4 rings (SSSR count). The van der Waals surface area contributed by atoms with E-state index in [1.54, 1.807) is 37.4 Å². The van der Waals surface area contributed by atoms with E-state index in [0.29, 0.717) is 53.0 Å². The van der Waals surface area contributed by atoms with Crippen molar-refractivity contribution < 1.29 is 22.8 Å². The number of nitrogens with zero attached hydrogens (tertiary/aromatic N) is 2. The predicted molar refractivity (Wildman–Crippen MR) is 134 cm³/mol. The van der Waals surface area contributed by atoms with E-state index in [4.69, 9.17) is 11.6 Å². The van der Waals surface area contributed by atoms with Crippen LogP contribution in [0.15, 0.2) is 48.5 Å². The molecule has 6 nitrogen and oxygen atoms in total. The number of hydrogen-bond donors (Lipinski definition) is 2. The first-order valence-corrected chi connectivity index (χ1v) is 12.0. The van der Waals surface area contributed by atoms with Crippen LogP contribution in [-0.4, -0.2) is 35.9 Å². The molecule has 2 N–H and O–H groups in total. The highest BCUT2D eigenvalue weighted by Crippen LogP contribution is 2.37. The lowest BCUT2D eigenvalue weighted by Crippen LogP contribution is -2.43. The summed E-state index contributed by atoms with van der Waals surface area (Å²) in [4.78, 5) is 30.0. The molecule has 2 amide bonds. The Morgan fingerprint density at radius 1 is 1.06 bits per heavy atom. The number of benzene rings is 2. The molecule has 0 aliphatic heterocycles. The molecular formula is C26H26ClF3N4O2. The Kier molecular flexibility index (Phi) is 7.40. The molecule has 1 aliphatic rings. The van der Waals surface area contributed by atoms with Crippen LogP contribution in [0.4, 0.5) is 24.5 Å². The Balaban J connectivity index is 1.48. The summed E-state index contributed by atoms with van der Waals surface area (Å²) in [5.74, 6) is -0.543. The zero-order valence-corrected chi connectivity index (χ0v) is 20.6. The molecule has 1 fully saturated rings. The topological polar surface area (TPSA) is 74.3 Å². The minimum absolute atomic E-state index is 0.0181. The highest BCUT2D eigenvalue weighted by Gasteiger charge is 2.35. The van der Waals surface area contributed by atoms with Gasteiger partial charge in [-0.2, -0.15) is 13.2 Å². The molecule has 0 radical (unpaired) electrons. The van der Waals surface area contributed by atoms with Crippen molar-refractivity contribution in [2.75, 3.05) is 17.3 Å². The standard InChI is InChI=1S/C26H26ClF3N4O2/c1-15(35)31-21-6-4-3-5-19(21)25(36)32-17-8-10-18(11-9-17)34(2)23-14-24(26(28,29)30)33-22-12-7-16(27)13-20(22)23/h3-7,12-14,17-18H,8-11H2,1-2H3,(H,31,35)(H,32,36). The van der Waals surface area contributed by atoms with Crippen molar-refractivity contribution in [3.63, 3.8) is 0 Å². The minimum Gasteiger partial charge on any atom is -0.371 e. The Bertz CT molecular complexity index is 1290. The number of rotatable bonds is 5. The van der Waals surface area contributed by atoms with Gasteiger partial charge in [-0.1, -0.05) is 23.7 Å². The highest BCUT2D eigenvalue weighted by molar-refractivity contribution is 6.31. The number of alkyl halides is 3. The number of para-hydroxylation sites is 1. The van der Waals surface area contributed by atoms with Crippen LogP contribution in [0.3, 0.4) is 0 Å². The molecule has 1 heterocycles. The van der Waals surface area contributed by atoms with E-state index < -0.39 is 11.9 Å². The summed E-state index contributed by atoms with van der Waals surface area (Å²) >= 11 is 6.14. The van der Waals surface area contributed by atoms with E-state index in [9.17, 15) is 22.8 Å². The van der Waals surface area contributed by atoms with Crippen LogP contribution in [0.5, 0.6) is 0 Å². The number of amides is 2. The van der Waals surface area contributed by atoms with Gasteiger partial charge >= 0.3 is 6.18 Å². The number of hydrogen-bond acceptors (Lipinski definition) is 4. The van der Waals surface area contributed by atoms with E-state index in [1.165, 1.54) is 19.1 Å². The fraction of sp³-hybridized carbons (Fsp3) is 0.346. The van der Waals surface area contributed by atoms with Crippen molar-refractivity contribution in [3.05, 3.63) is 64.8 Å². The SMILES string of the molecule is CC(=O)Nc1ccccc1C(=O)NC1CCC(N(C)c2cc(C(F)(F)F)nc3ccc(Cl)cc23)CC1. The minimum atomic E-state index is -4.57. The lowest BCUT2D eigenvalue weighted by molar-refractivity contribution is -0.140. The van der Waals surface area contributed by atoms with E-state index in [1.807, 2.05) is 4.90 Å². The number of halogens is 4. The molecule has 0 saturated heterocycles. The maximum absolute atomic E-state index is 13.5. The number of fused-ring (bicyclic) bond motifs is 1. The van der Waals surface area contributed by atoms with E-state index >= 15 is 0 Å². The monoisotopic (exact) mass is 518 g/mol. The van der Waals surface area contributed by atoms with Crippen LogP contribution in [0, 0.1) is 0 Å². The lowest BCUT2D eigenvalue weighted by atomic mass is 9.89. The van der Waals surface area contributed by atoms with Gasteiger partial charge in [0.25, 0.3) is 5.91 Å². The van der Waals surface area contributed by atoms with Crippen LogP contribution in [0.2, 0.25) is 5.02 Å². The number of nitrogens with one attached hydrogen (secondary N) is 2. The van der Waals surface area contributed by atoms with Gasteiger partial charge in [-0.3, -0.25) is 9.59 Å². The normalized spacial score (nSPS) is 18.1. The molecule has 3 aromatic rings. The van der Waals surface area contributed by atoms with Gasteiger partial charge < -0.3 is 15.5 Å². The van der Waals surface area contributed by atoms with Crippen molar-refractivity contribution in [2.45, 2.75) is 50.9 Å². The van der Waals surface area contributed by atoms with E-state index in [2.05, 4.69) is 15.6 Å². The summed E-state index contributed by atoms with van der Waals surface area (Å²) in [6.45, 7) is 1.38. The lowest BCUT2D eigenvalue weighted by Gasteiger charge is -2.37. The summed E-state index contributed by atoms with van der Waals surface area (Å²) in [5.41, 5.74) is 0.533. The first-order valence-electron chi connectivity index (χ1n) is 11.6. The van der Waals surface area contributed by atoms with Crippen LogP contribution in [-0.2, 0) is 11.0 Å². The fourth-order valence-electron chi connectivity index (χ4n) is 4.66. The maximum Gasteiger partial charge on any atom is 0.433 e. The Morgan fingerprint density at radius 2 is 1.75 bits per heavy atom. The molecule has 0 unspecified atom stereocenters. The molecule has 1 aromatic heterocycles. The van der Waals surface area contributed by atoms with Crippen LogP contribution >= 0.6 is 11.6 Å². The molecule has 10 heteroatoms. The second-order valence-corrected chi connectivity index (χ2v) is 9.44. The Hall–Kier alpha value is -3.33. The summed E-state index contributed by atoms with van der Waals surface area (Å²) in [7, 11) is 1.78. The maximum atomic E-state index is 13.5. The van der Waals surface area contributed by atoms with Gasteiger partial charge in [0, 0.05) is 42.2 Å². The molecule has 36 heavy (non-hydrogen) atoms. The molecule has 2 aromatic carbocycles. The van der Waals surface area contributed by atoms with E-state index in [-0.39, 0.29) is 29.4 Å². The molecule has 0 atom stereocenters. The molecule has 1 aliphatic carbocycles. The number of carbonyl (C=O) groups is 2. The van der Waals surface area contributed by atoms with Crippen LogP contribution in [0.25, 0.3) is 10.9 Å². The quantitative estimate of drug-likeness (QED) is 0.431. The van der Waals surface area contributed by atoms with Gasteiger partial charge in [0.1, 0.15) is 5.69 Å². The molecular weight excluding hydrogens is 493 g/mol. The third kappa shape index (κ3) is 5.73. The highest BCUT2D eigenvalue weighted by atomic mass is 35.5. The van der Waals surface area contributed by atoms with Crippen molar-refractivity contribution in [1.82, 2.24) is 10.3 Å². The third-order valence-electron chi connectivity index (χ3n) is 6.48. The van der Waals surface area contributed by atoms with E-state index in [0.717, 1.165) is 6.07 Å². The fourth-order valence-corrected chi connectivity index (χ4v) is 4.84. The Labute approximate surface area is 211 Å². The average Bonchev–Trinajstić information content (AvgIpc) is 2.82. The third-order valence-corrected chi connectivity index (χ3v) is 6.72. The second kappa shape index (κ2) is 10.3. The van der Waals surface area contributed by atoms with Crippen LogP contribution < -0.4 is 15.5 Å². The molecule has 190 valence electrons. The summed E-state index contributed by atoms with van der Waals surface area (Å²) in [6.07, 6.45) is -1.88. The number of pyridine rings is 1. The van der Waals surface area contributed by atoms with Crippen molar-refractivity contribution in [3.8, 4) is 0 Å². The van der Waals surface area contributed by atoms with Crippen molar-refractivity contribution in [1.29, 1.82) is 0 Å². The number of anilines is 2. The number of carbonyl (C=O) groups excluding carboxylic acids is 2. The largest absolute Gasteiger partial charge is 0.433 e.